The van der Waals surface area contributed by atoms with E-state index in [2.05, 4.69) is 4.98 Å². The standard InChI is InChI=1S/C38H33N5O8/c1-19-15-30(45)34-24(35(19)46)16-27-23(33(34)22-9-10-29(44)21-8-6-5-7-20(21)22)11-14-42-37(48)41(38(49)43(27)42)13-12-25-36(47)40(2)28-18-32(51-4)31(50-3)17-26(28)39-25/h5-11,15,17-18,27,33,44H,12-14,16H2,1-4H3/t27-,33+/m1/s1. The average molecular weight is 688 g/mol. The molecule has 3 aliphatic rings. The summed E-state index contributed by atoms with van der Waals surface area (Å²) in [5.41, 5.74) is 2.01. The number of methoxy groups -OCH3 is 2. The van der Waals surface area contributed by atoms with Crippen molar-refractivity contribution in [2.24, 2.45) is 7.05 Å². The van der Waals surface area contributed by atoms with E-state index in [0.717, 1.165) is 4.57 Å². The lowest BCUT2D eigenvalue weighted by atomic mass is 9.67. The second-order valence-corrected chi connectivity index (χ2v) is 13.0. The fourth-order valence-corrected chi connectivity index (χ4v) is 7.90. The fourth-order valence-electron chi connectivity index (χ4n) is 7.90. The quantitative estimate of drug-likeness (QED) is 0.209. The van der Waals surface area contributed by atoms with Gasteiger partial charge in [-0.2, -0.15) is 0 Å². The van der Waals surface area contributed by atoms with E-state index in [1.54, 1.807) is 50.4 Å². The summed E-state index contributed by atoms with van der Waals surface area (Å²) < 4.78 is 16.0. The van der Waals surface area contributed by atoms with E-state index < -0.39 is 23.3 Å². The lowest BCUT2D eigenvalue weighted by Gasteiger charge is -2.40. The number of hydrogen-bond acceptors (Lipinski definition) is 9. The van der Waals surface area contributed by atoms with Crippen LogP contribution in [0.15, 0.2) is 97.4 Å². The van der Waals surface area contributed by atoms with Gasteiger partial charge in [0.1, 0.15) is 11.4 Å². The molecule has 2 aromatic heterocycles. The van der Waals surface area contributed by atoms with Crippen LogP contribution in [0.1, 0.15) is 36.6 Å². The van der Waals surface area contributed by atoms with E-state index in [1.165, 1.54) is 34.2 Å². The van der Waals surface area contributed by atoms with Crippen molar-refractivity contribution in [2.75, 3.05) is 14.2 Å². The average Bonchev–Trinajstić information content (AvgIpc) is 3.38. The number of Topliss-reactive ketones (excluding diaryl/α,β-unsaturated/α-hetero) is 1. The van der Waals surface area contributed by atoms with Crippen LogP contribution >= 0.6 is 0 Å². The molecule has 1 aliphatic heterocycles. The zero-order valence-electron chi connectivity index (χ0n) is 28.3. The number of ketones is 2. The molecule has 0 fully saturated rings. The number of nitrogens with zero attached hydrogens (tertiary/aromatic N) is 5. The van der Waals surface area contributed by atoms with Gasteiger partial charge in [-0.1, -0.05) is 36.4 Å². The summed E-state index contributed by atoms with van der Waals surface area (Å²) in [6.45, 7) is 1.53. The molecule has 13 heteroatoms. The molecule has 0 saturated heterocycles. The predicted octanol–water partition coefficient (Wildman–Crippen LogP) is 3.24. The van der Waals surface area contributed by atoms with Crippen molar-refractivity contribution in [2.45, 2.75) is 44.8 Å². The first-order chi connectivity index (χ1) is 24.5. The molecule has 13 nitrogen and oxygen atoms in total. The minimum absolute atomic E-state index is 0.00449. The molecule has 0 radical (unpaired) electrons. The van der Waals surface area contributed by atoms with Crippen LogP contribution in [0, 0.1) is 0 Å². The SMILES string of the molecule is COc1cc2nc(CCn3c(=O)n4n(c3=O)[C@@H]3CC5=C(C(=O)C=C(C)C5=O)[C@@H](c5ccc(O)c6ccccc56)C3=CC4)c(=O)n(C)c2cc1OC. The van der Waals surface area contributed by atoms with Crippen molar-refractivity contribution in [3.8, 4) is 17.2 Å². The van der Waals surface area contributed by atoms with E-state index in [-0.39, 0.29) is 54.5 Å². The number of phenolic OH excluding ortho intramolecular Hbond substituents is 1. The van der Waals surface area contributed by atoms with Gasteiger partial charge in [-0.05, 0) is 35.6 Å². The van der Waals surface area contributed by atoms with E-state index in [0.29, 0.717) is 61.2 Å². The first-order valence-electron chi connectivity index (χ1n) is 16.5. The number of aryl methyl sites for hydroxylation is 2. The highest BCUT2D eigenvalue weighted by Crippen LogP contribution is 2.51. The summed E-state index contributed by atoms with van der Waals surface area (Å²) in [6.07, 6.45) is 3.26. The minimum Gasteiger partial charge on any atom is -0.507 e. The highest BCUT2D eigenvalue weighted by atomic mass is 16.5. The number of carbonyl (C=O) groups excluding carboxylic acids is 2. The molecule has 2 aliphatic carbocycles. The van der Waals surface area contributed by atoms with Crippen LogP contribution in [0.25, 0.3) is 21.8 Å². The van der Waals surface area contributed by atoms with Crippen molar-refractivity contribution >= 4 is 33.4 Å². The number of phenols is 1. The second-order valence-electron chi connectivity index (χ2n) is 13.0. The lowest BCUT2D eigenvalue weighted by molar-refractivity contribution is -0.116. The van der Waals surface area contributed by atoms with Gasteiger partial charge < -0.3 is 19.1 Å². The third-order valence-electron chi connectivity index (χ3n) is 10.4. The molecule has 51 heavy (non-hydrogen) atoms. The van der Waals surface area contributed by atoms with Gasteiger partial charge in [0.2, 0.25) is 0 Å². The van der Waals surface area contributed by atoms with E-state index in [9.17, 15) is 29.1 Å². The number of allylic oxidation sites excluding steroid dienone is 6. The van der Waals surface area contributed by atoms with Crippen LogP contribution in [0.2, 0.25) is 0 Å². The Labute approximate surface area is 289 Å². The van der Waals surface area contributed by atoms with E-state index >= 15 is 0 Å². The Morgan fingerprint density at radius 3 is 2.41 bits per heavy atom. The number of fused-ring (bicyclic) bond motifs is 5. The monoisotopic (exact) mass is 687 g/mol. The highest BCUT2D eigenvalue weighted by Gasteiger charge is 2.45. The Bertz CT molecular complexity index is 2670. The van der Waals surface area contributed by atoms with Gasteiger partial charge in [-0.25, -0.2) is 28.5 Å². The maximum Gasteiger partial charge on any atom is 0.347 e. The molecule has 1 N–H and O–H groups in total. The number of carbonyl (C=O) groups is 2. The summed E-state index contributed by atoms with van der Waals surface area (Å²) in [4.78, 5) is 73.4. The van der Waals surface area contributed by atoms with E-state index in [4.69, 9.17) is 9.47 Å². The Kier molecular flexibility index (Phi) is 7.33. The van der Waals surface area contributed by atoms with Crippen LogP contribution in [-0.4, -0.2) is 54.4 Å². The number of aromatic hydroxyl groups is 1. The number of benzene rings is 3. The third kappa shape index (κ3) is 4.68. The summed E-state index contributed by atoms with van der Waals surface area (Å²) in [5, 5.41) is 12.0. The van der Waals surface area contributed by atoms with Gasteiger partial charge in [0, 0.05) is 66.6 Å². The summed E-state index contributed by atoms with van der Waals surface area (Å²) >= 11 is 0. The van der Waals surface area contributed by atoms with Crippen LogP contribution < -0.4 is 26.4 Å². The van der Waals surface area contributed by atoms with Gasteiger partial charge in [-0.15, -0.1) is 0 Å². The number of rotatable bonds is 6. The molecule has 0 unspecified atom stereocenters. The number of ether oxygens (including phenoxy) is 2. The van der Waals surface area contributed by atoms with Gasteiger partial charge in [0.25, 0.3) is 5.56 Å². The zero-order chi connectivity index (χ0) is 35.9. The van der Waals surface area contributed by atoms with Crippen molar-refractivity contribution in [1.82, 2.24) is 23.5 Å². The topological polar surface area (TPSA) is 157 Å². The fraction of sp³-hybridized carbons (Fsp3) is 0.263. The molecule has 3 aromatic carbocycles. The smallest absolute Gasteiger partial charge is 0.347 e. The Morgan fingerprint density at radius 2 is 1.67 bits per heavy atom. The summed E-state index contributed by atoms with van der Waals surface area (Å²) in [7, 11) is 4.61. The first kappa shape index (κ1) is 32.0. The van der Waals surface area contributed by atoms with E-state index in [1.807, 2.05) is 18.2 Å². The normalized spacial score (nSPS) is 18.4. The molecular weight excluding hydrogens is 654 g/mol. The predicted molar refractivity (Wildman–Crippen MR) is 188 cm³/mol. The van der Waals surface area contributed by atoms with Gasteiger partial charge in [0.15, 0.2) is 23.1 Å². The summed E-state index contributed by atoms with van der Waals surface area (Å²) in [5.74, 6) is -0.309. The third-order valence-corrected chi connectivity index (χ3v) is 10.4. The minimum atomic E-state index is -0.742. The van der Waals surface area contributed by atoms with Crippen molar-refractivity contribution in [3.05, 3.63) is 126 Å². The highest BCUT2D eigenvalue weighted by molar-refractivity contribution is 6.23. The lowest BCUT2D eigenvalue weighted by Crippen LogP contribution is -2.40. The van der Waals surface area contributed by atoms with Gasteiger partial charge in [0.05, 0.1) is 37.8 Å². The van der Waals surface area contributed by atoms with Crippen LogP contribution in [0.5, 0.6) is 17.2 Å². The molecule has 0 saturated carbocycles. The Morgan fingerprint density at radius 1 is 0.941 bits per heavy atom. The maximum atomic E-state index is 14.2. The molecule has 0 spiro atoms. The molecule has 5 aromatic rings. The van der Waals surface area contributed by atoms with Crippen molar-refractivity contribution < 1.29 is 24.2 Å². The van der Waals surface area contributed by atoms with Gasteiger partial charge in [-0.3, -0.25) is 14.4 Å². The molecule has 3 heterocycles. The number of aromatic nitrogens is 5. The number of hydrogen-bond donors (Lipinski definition) is 1. The molecule has 0 amide bonds. The van der Waals surface area contributed by atoms with Crippen LogP contribution in [0.4, 0.5) is 0 Å². The molecule has 258 valence electrons. The molecule has 0 bridgehead atoms. The molecular formula is C38H33N5O8. The van der Waals surface area contributed by atoms with Crippen molar-refractivity contribution in [3.63, 3.8) is 0 Å². The van der Waals surface area contributed by atoms with Crippen molar-refractivity contribution in [1.29, 1.82) is 0 Å². The van der Waals surface area contributed by atoms with Gasteiger partial charge >= 0.3 is 11.4 Å². The van der Waals surface area contributed by atoms with Crippen LogP contribution in [0.3, 0.4) is 0 Å². The first-order valence-corrected chi connectivity index (χ1v) is 16.5. The Hall–Kier alpha value is -6.24. The van der Waals surface area contributed by atoms with Crippen LogP contribution in [-0.2, 0) is 36.1 Å². The molecule has 8 rings (SSSR count). The Balaban J connectivity index is 1.22. The zero-order valence-corrected chi connectivity index (χ0v) is 28.3. The maximum absolute atomic E-state index is 14.2. The largest absolute Gasteiger partial charge is 0.507 e. The second kappa shape index (κ2) is 11.7. The molecule has 2 atom stereocenters. The summed E-state index contributed by atoms with van der Waals surface area (Å²) in [6, 6.07) is 13.2.